The van der Waals surface area contributed by atoms with E-state index in [4.69, 9.17) is 8.22 Å². The minimum atomic E-state index is -2.37. The van der Waals surface area contributed by atoms with Crippen molar-refractivity contribution in [1.82, 2.24) is 0 Å². The first-order valence-electron chi connectivity index (χ1n) is 7.66. The molecule has 0 saturated heterocycles. The van der Waals surface area contributed by atoms with Gasteiger partial charge in [-0.05, 0) is 53.4 Å². The number of aryl methyl sites for hydroxylation is 2. The average Bonchev–Trinajstić information content (AvgIpc) is 2.39. The van der Waals surface area contributed by atoms with Crippen molar-refractivity contribution in [2.75, 3.05) is 0 Å². The van der Waals surface area contributed by atoms with Gasteiger partial charge in [-0.3, -0.25) is 0 Å². The lowest BCUT2D eigenvalue weighted by Crippen LogP contribution is -1.82. The van der Waals surface area contributed by atoms with Gasteiger partial charge in [-0.25, -0.2) is 0 Å². The van der Waals surface area contributed by atoms with Crippen molar-refractivity contribution in [3.05, 3.63) is 58.1 Å². The van der Waals surface area contributed by atoms with Gasteiger partial charge in [-0.1, -0.05) is 41.6 Å². The summed E-state index contributed by atoms with van der Waals surface area (Å²) in [5.41, 5.74) is 0.0944. The fraction of sp³-hybridized carbons (Fsp3) is 0.143. The SMILES string of the molecule is [2H]C([2H])([2H])c1ccc(Sc2ccccc2Br)c(C([2H])([2H])[2H])c1. The molecular weight excluding hydrogens is 280 g/mol. The van der Waals surface area contributed by atoms with Crippen LogP contribution >= 0.6 is 27.7 Å². The smallest absolute Gasteiger partial charge is 0.0314 e. The monoisotopic (exact) mass is 298 g/mol. The van der Waals surface area contributed by atoms with E-state index in [-0.39, 0.29) is 11.1 Å². The van der Waals surface area contributed by atoms with Gasteiger partial charge in [0, 0.05) is 22.5 Å². The lowest BCUT2D eigenvalue weighted by atomic mass is 10.2. The molecule has 0 aromatic heterocycles. The second kappa shape index (κ2) is 5.07. The fourth-order valence-corrected chi connectivity index (χ4v) is 2.65. The van der Waals surface area contributed by atoms with Crippen LogP contribution in [0.25, 0.3) is 0 Å². The molecule has 0 unspecified atom stereocenters. The Kier molecular flexibility index (Phi) is 1.99. The van der Waals surface area contributed by atoms with Gasteiger partial charge in [0.25, 0.3) is 0 Å². The number of hydrogen-bond acceptors (Lipinski definition) is 1. The zero-order valence-corrected chi connectivity index (χ0v) is 10.7. The van der Waals surface area contributed by atoms with Crippen LogP contribution in [0.3, 0.4) is 0 Å². The lowest BCUT2D eigenvalue weighted by Gasteiger charge is -2.07. The highest BCUT2D eigenvalue weighted by Gasteiger charge is 2.03. The predicted octanol–water partition coefficient (Wildman–Crippen LogP) is 5.22. The summed E-state index contributed by atoms with van der Waals surface area (Å²) < 4.78 is 46.1. The van der Waals surface area contributed by atoms with Crippen LogP contribution in [0.2, 0.25) is 0 Å². The maximum Gasteiger partial charge on any atom is 0.0314 e. The van der Waals surface area contributed by atoms with E-state index in [0.29, 0.717) is 4.90 Å². The van der Waals surface area contributed by atoms with Gasteiger partial charge in [0.1, 0.15) is 0 Å². The highest BCUT2D eigenvalue weighted by molar-refractivity contribution is 9.10. The minimum absolute atomic E-state index is 0.0371. The van der Waals surface area contributed by atoms with Crippen LogP contribution in [-0.2, 0) is 0 Å². The second-order valence-corrected chi connectivity index (χ2v) is 5.18. The average molecular weight is 299 g/mol. The molecular formula is C14H13BrS. The van der Waals surface area contributed by atoms with E-state index >= 15 is 0 Å². The normalized spacial score (nSPS) is 17.6. The molecule has 0 spiro atoms. The van der Waals surface area contributed by atoms with Gasteiger partial charge in [0.05, 0.1) is 0 Å². The van der Waals surface area contributed by atoms with Gasteiger partial charge < -0.3 is 0 Å². The highest BCUT2D eigenvalue weighted by atomic mass is 79.9. The first kappa shape index (κ1) is 6.27. The van der Waals surface area contributed by atoms with Gasteiger partial charge in [-0.15, -0.1) is 0 Å². The molecule has 0 atom stereocenters. The summed E-state index contributed by atoms with van der Waals surface area (Å²) in [6.45, 7) is -4.69. The molecule has 2 aromatic carbocycles. The topological polar surface area (TPSA) is 0 Å². The van der Waals surface area contributed by atoms with Gasteiger partial charge in [0.15, 0.2) is 0 Å². The molecule has 0 nitrogen and oxygen atoms in total. The summed E-state index contributed by atoms with van der Waals surface area (Å²) >= 11 is 4.72. The Labute approximate surface area is 118 Å². The van der Waals surface area contributed by atoms with Crippen molar-refractivity contribution in [3.8, 4) is 0 Å². The number of benzene rings is 2. The molecule has 0 aliphatic carbocycles. The van der Waals surface area contributed by atoms with Crippen molar-refractivity contribution < 1.29 is 8.22 Å². The van der Waals surface area contributed by atoms with Crippen molar-refractivity contribution >= 4 is 27.7 Å². The number of hydrogen-bond donors (Lipinski definition) is 0. The Morgan fingerprint density at radius 1 is 1.06 bits per heavy atom. The maximum absolute atomic E-state index is 7.66. The Balaban J connectivity index is 2.50. The van der Waals surface area contributed by atoms with E-state index in [9.17, 15) is 0 Å². The molecule has 82 valence electrons. The highest BCUT2D eigenvalue weighted by Crippen LogP contribution is 2.35. The molecule has 0 fully saturated rings. The van der Waals surface area contributed by atoms with Crippen LogP contribution in [0.4, 0.5) is 0 Å². The Bertz CT molecular complexity index is 678. The molecule has 0 saturated carbocycles. The molecule has 2 heteroatoms. The van der Waals surface area contributed by atoms with Gasteiger partial charge >= 0.3 is 0 Å². The minimum Gasteiger partial charge on any atom is -0.0886 e. The van der Waals surface area contributed by atoms with Crippen LogP contribution in [0, 0.1) is 13.7 Å². The molecule has 0 aliphatic rings. The summed E-state index contributed by atoms with van der Waals surface area (Å²) in [4.78, 5) is 1.40. The van der Waals surface area contributed by atoms with Crippen LogP contribution in [-0.4, -0.2) is 0 Å². The molecule has 0 bridgehead atoms. The first-order valence-corrected chi connectivity index (χ1v) is 6.27. The molecule has 0 amide bonds. The Morgan fingerprint density at radius 3 is 2.69 bits per heavy atom. The van der Waals surface area contributed by atoms with Crippen molar-refractivity contribution in [1.29, 1.82) is 0 Å². The van der Waals surface area contributed by atoms with E-state index in [2.05, 4.69) is 15.9 Å². The molecule has 2 aromatic rings. The predicted molar refractivity (Wildman–Crippen MR) is 74.2 cm³/mol. The summed E-state index contributed by atoms with van der Waals surface area (Å²) in [6.07, 6.45) is 0. The van der Waals surface area contributed by atoms with E-state index in [1.165, 1.54) is 23.9 Å². The number of halogens is 1. The zero-order chi connectivity index (χ0) is 16.5. The third kappa shape index (κ3) is 2.69. The summed E-state index contributed by atoms with van der Waals surface area (Å²) in [6, 6.07) is 11.8. The zero-order valence-electron chi connectivity index (χ0n) is 14.3. The van der Waals surface area contributed by atoms with Crippen LogP contribution in [0.5, 0.6) is 0 Å². The van der Waals surface area contributed by atoms with Crippen LogP contribution in [0.15, 0.2) is 56.7 Å². The van der Waals surface area contributed by atoms with Crippen molar-refractivity contribution in [3.63, 3.8) is 0 Å². The molecule has 2 rings (SSSR count). The van der Waals surface area contributed by atoms with E-state index in [1.54, 1.807) is 6.07 Å². The summed E-state index contributed by atoms with van der Waals surface area (Å²) in [7, 11) is 0. The van der Waals surface area contributed by atoms with E-state index in [1.807, 2.05) is 24.3 Å². The lowest BCUT2D eigenvalue weighted by molar-refractivity contribution is 1.25. The van der Waals surface area contributed by atoms with Crippen molar-refractivity contribution in [2.45, 2.75) is 23.5 Å². The summed E-state index contributed by atoms with van der Waals surface area (Å²) in [5.74, 6) is 0. The quantitative estimate of drug-likeness (QED) is 0.733. The Morgan fingerprint density at radius 2 is 1.94 bits per heavy atom. The molecule has 0 radical (unpaired) electrons. The Hall–Kier alpha value is -0.730. The van der Waals surface area contributed by atoms with Gasteiger partial charge in [-0.2, -0.15) is 0 Å². The molecule has 16 heavy (non-hydrogen) atoms. The first-order chi connectivity index (χ1) is 10.1. The molecule has 0 heterocycles. The maximum atomic E-state index is 7.66. The molecule has 0 aliphatic heterocycles. The molecule has 0 N–H and O–H groups in total. The number of rotatable bonds is 2. The standard InChI is InChI=1S/C14H13BrS/c1-10-7-8-13(11(2)9-10)16-14-6-4-3-5-12(14)15/h3-9H,1-2H3/i1D3,2D3. The van der Waals surface area contributed by atoms with Gasteiger partial charge in [0.2, 0.25) is 0 Å². The third-order valence-corrected chi connectivity index (χ3v) is 4.14. The summed E-state index contributed by atoms with van der Waals surface area (Å²) in [5, 5.41) is 0. The van der Waals surface area contributed by atoms with Crippen molar-refractivity contribution in [2.24, 2.45) is 0 Å². The van der Waals surface area contributed by atoms with E-state index in [0.717, 1.165) is 9.37 Å². The van der Waals surface area contributed by atoms with Crippen LogP contribution in [0.1, 0.15) is 19.4 Å². The third-order valence-electron chi connectivity index (χ3n) is 2.04. The van der Waals surface area contributed by atoms with Crippen LogP contribution < -0.4 is 0 Å². The van der Waals surface area contributed by atoms with E-state index < -0.39 is 13.7 Å². The fourth-order valence-electron chi connectivity index (χ4n) is 1.26. The largest absolute Gasteiger partial charge is 0.0886 e. The second-order valence-electron chi connectivity index (χ2n) is 3.24.